The molecule has 14 rings (SSSR count). The van der Waals surface area contributed by atoms with Crippen LogP contribution in [-0.2, 0) is 44.7 Å². The number of rotatable bonds is 17. The Morgan fingerprint density at radius 2 is 1.06 bits per heavy atom. The molecule has 8 aliphatic heterocycles. The number of aromatic nitrogens is 2. The molecule has 6 saturated heterocycles. The first-order valence-corrected chi connectivity index (χ1v) is 34.8. The third-order valence-electron chi connectivity index (χ3n) is 18.7. The summed E-state index contributed by atoms with van der Waals surface area (Å²) in [6.45, 7) is 6.55. The molecule has 33 heteroatoms. The van der Waals surface area contributed by atoms with Crippen molar-refractivity contribution in [2.45, 2.75) is 42.8 Å². The minimum atomic E-state index is -1.13. The molecule has 528 valence electrons. The number of methoxy groups -OCH3 is 2. The van der Waals surface area contributed by atoms with Crippen LogP contribution < -0.4 is 20.4 Å². The SMILES string of the molecule is COC(=O)C1=C(CN2CCN3C(=O)N(c4ccc(C(=O)N5CCOC[C@H]5C(=O)O)cc4)C[C@@H]3C2)NC(c2nccs2)=N[C@H]1c1ccc(F)cc1Cl.COC(=O)C1=C(CN2CCN3C(=O)N(c4ccc(CN5CCOC[C@H]5C(=O)O)cc4)C[C@@H]3C2)NC(c2nccs2)=N[C@H]1c1ccc(F)cc1Cl. The summed E-state index contributed by atoms with van der Waals surface area (Å²) < 4.78 is 49.1. The molecule has 0 bridgehead atoms. The van der Waals surface area contributed by atoms with Crippen LogP contribution in [0.25, 0.3) is 0 Å². The maximum absolute atomic E-state index is 14.0. The molecular formula is C68H68Cl2F2N14O13S2. The number of morpholine rings is 2. The number of nitrogens with zero attached hydrogens (tertiary/aromatic N) is 12. The van der Waals surface area contributed by atoms with Crippen molar-refractivity contribution < 1.29 is 71.5 Å². The second-order valence-electron chi connectivity index (χ2n) is 24.8. The average Bonchev–Trinajstić information content (AvgIpc) is 1.25. The standard InChI is InChI=1S/C34H33ClFN7O7S.C34H35ClFN7O6S/c1-49-33(47)27-25(38-29(30-37-8-13-51-30)39-28(27)23-7-4-20(36)14-24(23)35)17-40-9-10-41-22(15-40)16-43(34(41)48)21-5-2-19(3-6-21)31(44)42-11-12-50-18-26(42)32(45)46;1-48-33(46)28-26(38-30(31-37-8-13-50-31)39-29(28)24-7-4-21(36)14-25(24)35)18-40-9-10-42-23(16-40)17-43(34(42)47)22-5-2-20(3-6-22)15-41-11-12-49-19-27(41)32(44)45/h2-8,13-14,22,26,28H,9-12,15-18H2,1H3,(H,38,39)(H,45,46);2-8,13-14,23,27,29H,9-12,15-19H2,1H3,(H,38,39)(H,44,45)/t22-,26-,28-;23-,27-,29-/m00/s1. The highest BCUT2D eigenvalue weighted by Gasteiger charge is 2.45. The van der Waals surface area contributed by atoms with E-state index in [0.717, 1.165) is 11.3 Å². The number of carboxylic acid groups (broad SMARTS) is 2. The van der Waals surface area contributed by atoms with Crippen LogP contribution in [0.15, 0.2) is 141 Å². The van der Waals surface area contributed by atoms with Crippen molar-refractivity contribution in [3.8, 4) is 0 Å². The number of halogens is 4. The molecule has 0 spiro atoms. The molecule has 0 aliphatic carbocycles. The number of carbonyl (C=O) groups is 7. The fourth-order valence-electron chi connectivity index (χ4n) is 13.7. The molecule has 101 heavy (non-hydrogen) atoms. The number of urea groups is 2. The first kappa shape index (κ1) is 70.1. The Bertz CT molecular complexity index is 4310. The number of anilines is 2. The van der Waals surface area contributed by atoms with Crippen molar-refractivity contribution in [2.75, 3.05) is 129 Å². The second-order valence-corrected chi connectivity index (χ2v) is 27.4. The van der Waals surface area contributed by atoms with Gasteiger partial charge in [0.05, 0.1) is 63.9 Å². The van der Waals surface area contributed by atoms with Gasteiger partial charge < -0.3 is 54.5 Å². The molecule has 4 N–H and O–H groups in total. The van der Waals surface area contributed by atoms with Crippen molar-refractivity contribution in [2.24, 2.45) is 9.98 Å². The predicted molar refractivity (Wildman–Crippen MR) is 368 cm³/mol. The molecule has 6 atom stereocenters. The van der Waals surface area contributed by atoms with Crippen molar-refractivity contribution in [1.29, 1.82) is 0 Å². The predicted octanol–water partition coefficient (Wildman–Crippen LogP) is 6.37. The molecule has 0 radical (unpaired) electrons. The Morgan fingerprint density at radius 1 is 0.594 bits per heavy atom. The van der Waals surface area contributed by atoms with E-state index in [2.05, 4.69) is 30.4 Å². The van der Waals surface area contributed by atoms with Crippen molar-refractivity contribution >= 4 is 111 Å². The maximum Gasteiger partial charge on any atom is 0.338 e. The van der Waals surface area contributed by atoms with Gasteiger partial charge in [0, 0.05) is 158 Å². The van der Waals surface area contributed by atoms with Crippen LogP contribution in [-0.4, -0.2) is 246 Å². The summed E-state index contributed by atoms with van der Waals surface area (Å²) in [5.74, 6) is -3.77. The number of amides is 5. The van der Waals surface area contributed by atoms with E-state index in [1.54, 1.807) is 46.5 Å². The van der Waals surface area contributed by atoms with E-state index in [9.17, 15) is 52.6 Å². The topological polar surface area (TPSA) is 297 Å². The average molecular weight is 1460 g/mol. The number of ether oxygens (including phenoxy) is 4. The number of carbonyl (C=O) groups excluding carboxylic acids is 5. The summed E-state index contributed by atoms with van der Waals surface area (Å²) in [5.41, 5.74) is 5.15. The van der Waals surface area contributed by atoms with E-state index >= 15 is 0 Å². The monoisotopic (exact) mass is 1460 g/mol. The second kappa shape index (κ2) is 30.5. The van der Waals surface area contributed by atoms with Gasteiger partial charge in [0.2, 0.25) is 0 Å². The molecule has 5 amide bonds. The molecule has 0 unspecified atom stereocenters. The highest BCUT2D eigenvalue weighted by atomic mass is 35.5. The van der Waals surface area contributed by atoms with E-state index in [-0.39, 0.29) is 71.7 Å². The van der Waals surface area contributed by atoms with Gasteiger partial charge in [-0.3, -0.25) is 44.1 Å². The number of nitrogens with one attached hydrogen (secondary N) is 2. The largest absolute Gasteiger partial charge is 0.480 e. The number of aliphatic imine (C=N–C) groups is 2. The van der Waals surface area contributed by atoms with Crippen LogP contribution in [0.2, 0.25) is 10.0 Å². The number of hydrogen-bond acceptors (Lipinski definition) is 22. The first-order chi connectivity index (χ1) is 48.8. The minimum absolute atomic E-state index is 0.0726. The summed E-state index contributed by atoms with van der Waals surface area (Å²) in [5, 5.41) is 30.8. The van der Waals surface area contributed by atoms with E-state index in [1.165, 1.54) is 78.2 Å². The Labute approximate surface area is 595 Å². The van der Waals surface area contributed by atoms with Gasteiger partial charge in [-0.25, -0.2) is 42.7 Å². The van der Waals surface area contributed by atoms with Gasteiger partial charge >= 0.3 is 35.9 Å². The van der Waals surface area contributed by atoms with Gasteiger partial charge in [0.15, 0.2) is 27.7 Å². The third-order valence-corrected chi connectivity index (χ3v) is 21.0. The van der Waals surface area contributed by atoms with Crippen molar-refractivity contribution in [3.05, 3.63) is 185 Å². The number of carboxylic acids is 2. The molecule has 6 fully saturated rings. The number of esters is 2. The Kier molecular flexibility index (Phi) is 21.2. The molecule has 8 aliphatic rings. The van der Waals surface area contributed by atoms with Crippen LogP contribution in [0.4, 0.5) is 29.7 Å². The van der Waals surface area contributed by atoms with Crippen LogP contribution in [0.3, 0.4) is 0 Å². The lowest BCUT2D eigenvalue weighted by Gasteiger charge is -2.38. The van der Waals surface area contributed by atoms with Gasteiger partial charge in [0.1, 0.15) is 29.8 Å². The Balaban J connectivity index is 0.000000181. The quantitative estimate of drug-likeness (QED) is 0.0721. The zero-order chi connectivity index (χ0) is 70.8. The lowest BCUT2D eigenvalue weighted by Crippen LogP contribution is -2.53. The number of hydrogen-bond donors (Lipinski definition) is 4. The van der Waals surface area contributed by atoms with Gasteiger partial charge in [-0.2, -0.15) is 0 Å². The zero-order valence-electron chi connectivity index (χ0n) is 54.5. The fraction of sp³-hybridized carbons (Fsp3) is 0.368. The van der Waals surface area contributed by atoms with Crippen LogP contribution in [0.1, 0.15) is 49.1 Å². The Hall–Kier alpha value is -9.31. The number of benzene rings is 4. The van der Waals surface area contributed by atoms with E-state index < -0.39 is 65.6 Å². The van der Waals surface area contributed by atoms with Crippen molar-refractivity contribution in [1.82, 2.24) is 50.0 Å². The van der Waals surface area contributed by atoms with E-state index in [4.69, 9.17) is 52.1 Å². The third kappa shape index (κ3) is 14.9. The lowest BCUT2D eigenvalue weighted by atomic mass is 9.95. The number of thiazole rings is 2. The highest BCUT2D eigenvalue weighted by Crippen LogP contribution is 2.40. The zero-order valence-corrected chi connectivity index (χ0v) is 57.6. The molecule has 10 heterocycles. The van der Waals surface area contributed by atoms with E-state index in [0.29, 0.717) is 141 Å². The lowest BCUT2D eigenvalue weighted by molar-refractivity contribution is -0.150. The molecule has 27 nitrogen and oxygen atoms in total. The van der Waals surface area contributed by atoms with Crippen LogP contribution in [0.5, 0.6) is 0 Å². The number of aliphatic carboxylic acids is 2. The summed E-state index contributed by atoms with van der Waals surface area (Å²) in [6, 6.07) is 18.2. The summed E-state index contributed by atoms with van der Waals surface area (Å²) in [6.07, 6.45) is 3.31. The molecule has 0 saturated carbocycles. The van der Waals surface area contributed by atoms with Crippen LogP contribution >= 0.6 is 45.9 Å². The van der Waals surface area contributed by atoms with Gasteiger partial charge in [-0.15, -0.1) is 22.7 Å². The first-order valence-electron chi connectivity index (χ1n) is 32.3. The summed E-state index contributed by atoms with van der Waals surface area (Å²) >= 11 is 15.7. The molecule has 2 aromatic heterocycles. The van der Waals surface area contributed by atoms with Crippen molar-refractivity contribution in [3.63, 3.8) is 0 Å². The van der Waals surface area contributed by atoms with Gasteiger partial charge in [-0.05, 0) is 66.2 Å². The molecular weight excluding hydrogens is 1390 g/mol. The maximum atomic E-state index is 14.0. The van der Waals surface area contributed by atoms with Gasteiger partial charge in [0.25, 0.3) is 5.91 Å². The number of fused-ring (bicyclic) bond motifs is 2. The highest BCUT2D eigenvalue weighted by molar-refractivity contribution is 7.12. The summed E-state index contributed by atoms with van der Waals surface area (Å²) in [7, 11) is 2.58. The van der Waals surface area contributed by atoms with Crippen LogP contribution in [0, 0.1) is 11.6 Å². The molecule has 4 aromatic carbocycles. The Morgan fingerprint density at radius 3 is 1.50 bits per heavy atom. The normalized spacial score (nSPS) is 22.7. The van der Waals surface area contributed by atoms with E-state index in [1.807, 2.05) is 49.7 Å². The fourth-order valence-corrected chi connectivity index (χ4v) is 15.4. The number of amidine groups is 2. The summed E-state index contributed by atoms with van der Waals surface area (Å²) in [4.78, 5) is 123. The minimum Gasteiger partial charge on any atom is -0.480 e. The van der Waals surface area contributed by atoms with Gasteiger partial charge in [-0.1, -0.05) is 47.5 Å². The number of piperazine rings is 2. The molecule has 6 aromatic rings. The smallest absolute Gasteiger partial charge is 0.338 e.